The standard InChI is InChI=1S/C39H68N6O10/c1-6-18-54-19-16-44-38(49)32(23-28(3)29(4)41-14-11-9-8-10-13-40)25-33(24-30(7-2)37(48)43-17-20-55-22-21-53-5)39(50)42-15-12-31-26-35(46)36(47)27-34(31)45(51)52/h26-28,30,32-33,41,46-47H,4,6-25,40H2,1-3,5H3,(H,42,50)(H,43,48)(H,44,49). The maximum absolute atomic E-state index is 14.0. The van der Waals surface area contributed by atoms with E-state index in [4.69, 9.17) is 19.9 Å². The van der Waals surface area contributed by atoms with E-state index in [-0.39, 0.29) is 55.6 Å². The van der Waals surface area contributed by atoms with Gasteiger partial charge in [0.25, 0.3) is 5.69 Å². The second-order valence-electron chi connectivity index (χ2n) is 13.8. The molecule has 0 aromatic heterocycles. The number of methoxy groups -OCH3 is 1. The molecule has 0 bridgehead atoms. The Kier molecular flexibility index (Phi) is 26.1. The fraction of sp³-hybridized carbons (Fsp3) is 0.718. The van der Waals surface area contributed by atoms with Crippen molar-refractivity contribution in [2.75, 3.05) is 72.9 Å². The van der Waals surface area contributed by atoms with E-state index in [2.05, 4.69) is 27.8 Å². The number of nitro groups is 1. The molecule has 0 aliphatic heterocycles. The lowest BCUT2D eigenvalue weighted by Gasteiger charge is -2.28. The average Bonchev–Trinajstić information content (AvgIpc) is 3.16. The number of benzene rings is 1. The van der Waals surface area contributed by atoms with Crippen molar-refractivity contribution in [2.24, 2.45) is 29.4 Å². The molecule has 1 aromatic carbocycles. The number of amides is 3. The summed E-state index contributed by atoms with van der Waals surface area (Å²) in [5, 5.41) is 43.5. The molecule has 1 rings (SSSR count). The Hall–Kier alpha value is -3.99. The summed E-state index contributed by atoms with van der Waals surface area (Å²) < 4.78 is 16.0. The van der Waals surface area contributed by atoms with E-state index in [1.165, 1.54) is 0 Å². The molecule has 3 amide bonds. The minimum atomic E-state index is -0.778. The summed E-state index contributed by atoms with van der Waals surface area (Å²) in [5.41, 5.74) is 6.13. The summed E-state index contributed by atoms with van der Waals surface area (Å²) in [4.78, 5) is 52.0. The number of hydrogen-bond donors (Lipinski definition) is 7. The quantitative estimate of drug-likeness (QED) is 0.0234. The molecule has 4 atom stereocenters. The van der Waals surface area contributed by atoms with Crippen LogP contribution in [-0.2, 0) is 35.0 Å². The fourth-order valence-electron chi connectivity index (χ4n) is 6.10. The number of phenols is 2. The van der Waals surface area contributed by atoms with E-state index in [1.54, 1.807) is 7.11 Å². The van der Waals surface area contributed by atoms with E-state index in [0.29, 0.717) is 59.0 Å². The Morgan fingerprint density at radius 1 is 0.782 bits per heavy atom. The molecule has 0 saturated carbocycles. The number of nitrogens with two attached hydrogens (primary N) is 1. The van der Waals surface area contributed by atoms with Gasteiger partial charge in [0.15, 0.2) is 11.5 Å². The molecular formula is C39H68N6O10. The van der Waals surface area contributed by atoms with Crippen LogP contribution >= 0.6 is 0 Å². The molecule has 314 valence electrons. The van der Waals surface area contributed by atoms with Gasteiger partial charge < -0.3 is 51.4 Å². The summed E-state index contributed by atoms with van der Waals surface area (Å²) in [6.45, 7) is 14.1. The van der Waals surface area contributed by atoms with Gasteiger partial charge in [-0.25, -0.2) is 0 Å². The number of phenolic OH excluding ortho intramolecular Hbond substituents is 2. The van der Waals surface area contributed by atoms with Crippen LogP contribution in [0.25, 0.3) is 0 Å². The number of unbranched alkanes of at least 4 members (excludes halogenated alkanes) is 3. The molecule has 16 heteroatoms. The van der Waals surface area contributed by atoms with Crippen molar-refractivity contribution in [1.29, 1.82) is 0 Å². The minimum Gasteiger partial charge on any atom is -0.504 e. The molecule has 16 nitrogen and oxygen atoms in total. The molecule has 0 fully saturated rings. The maximum Gasteiger partial charge on any atom is 0.276 e. The first-order chi connectivity index (χ1) is 26.4. The number of nitro benzene ring substituents is 1. The van der Waals surface area contributed by atoms with Crippen molar-refractivity contribution in [3.05, 3.63) is 40.1 Å². The smallest absolute Gasteiger partial charge is 0.276 e. The number of carbonyl (C=O) groups excluding carboxylic acids is 3. The molecule has 0 aliphatic carbocycles. The molecule has 1 aromatic rings. The molecule has 0 radical (unpaired) electrons. The van der Waals surface area contributed by atoms with Crippen molar-refractivity contribution in [3.63, 3.8) is 0 Å². The number of allylic oxidation sites excluding steroid dienone is 1. The van der Waals surface area contributed by atoms with E-state index in [1.807, 2.05) is 20.8 Å². The highest BCUT2D eigenvalue weighted by molar-refractivity contribution is 5.83. The van der Waals surface area contributed by atoms with E-state index in [0.717, 1.165) is 56.5 Å². The Bertz CT molecular complexity index is 1300. The molecular weight excluding hydrogens is 712 g/mol. The first kappa shape index (κ1) is 49.0. The topological polar surface area (TPSA) is 237 Å². The Morgan fingerprint density at radius 3 is 1.95 bits per heavy atom. The van der Waals surface area contributed by atoms with Gasteiger partial charge >= 0.3 is 0 Å². The summed E-state index contributed by atoms with van der Waals surface area (Å²) in [5.74, 6) is -4.10. The maximum atomic E-state index is 14.0. The number of carbonyl (C=O) groups is 3. The normalized spacial score (nSPS) is 13.3. The third-order valence-electron chi connectivity index (χ3n) is 9.40. The number of rotatable bonds is 33. The second kappa shape index (κ2) is 29.3. The minimum absolute atomic E-state index is 0.0141. The first-order valence-electron chi connectivity index (χ1n) is 19.7. The summed E-state index contributed by atoms with van der Waals surface area (Å²) in [6, 6.07) is 1.96. The van der Waals surface area contributed by atoms with Gasteiger partial charge in [0.05, 0.1) is 37.4 Å². The molecule has 0 saturated heterocycles. The number of hydrogen-bond acceptors (Lipinski definition) is 12. The van der Waals surface area contributed by atoms with Crippen LogP contribution in [-0.4, -0.2) is 106 Å². The van der Waals surface area contributed by atoms with Gasteiger partial charge in [0.2, 0.25) is 17.7 Å². The average molecular weight is 781 g/mol. The van der Waals surface area contributed by atoms with Crippen LogP contribution in [0.15, 0.2) is 24.4 Å². The lowest BCUT2D eigenvalue weighted by molar-refractivity contribution is -0.385. The van der Waals surface area contributed by atoms with Gasteiger partial charge in [-0.2, -0.15) is 0 Å². The van der Waals surface area contributed by atoms with Crippen LogP contribution < -0.4 is 27.0 Å². The molecule has 55 heavy (non-hydrogen) atoms. The summed E-state index contributed by atoms with van der Waals surface area (Å²) in [6.07, 6.45) is 5.99. The Morgan fingerprint density at radius 2 is 1.35 bits per heavy atom. The van der Waals surface area contributed by atoms with Crippen molar-refractivity contribution < 1.29 is 43.7 Å². The zero-order chi connectivity index (χ0) is 41.0. The number of nitrogens with one attached hydrogen (secondary N) is 4. The van der Waals surface area contributed by atoms with Crippen LogP contribution in [0.1, 0.15) is 84.1 Å². The Labute approximate surface area is 326 Å². The molecule has 8 N–H and O–H groups in total. The van der Waals surface area contributed by atoms with Crippen LogP contribution in [0.5, 0.6) is 11.5 Å². The van der Waals surface area contributed by atoms with E-state index in [9.17, 15) is 34.7 Å². The van der Waals surface area contributed by atoms with Crippen LogP contribution in [0.2, 0.25) is 0 Å². The van der Waals surface area contributed by atoms with Crippen molar-refractivity contribution >= 4 is 23.4 Å². The van der Waals surface area contributed by atoms with Crippen molar-refractivity contribution in [3.8, 4) is 11.5 Å². The SMILES string of the molecule is C=C(NCCCCCCN)C(C)CC(CC(CC(CC)C(=O)NCCOCCOC)C(=O)NCCc1cc(O)c(O)cc1[N+](=O)[O-])C(=O)NCCOCCC. The van der Waals surface area contributed by atoms with Gasteiger partial charge in [-0.3, -0.25) is 24.5 Å². The van der Waals surface area contributed by atoms with Gasteiger partial charge in [0, 0.05) is 68.9 Å². The predicted octanol–water partition coefficient (Wildman–Crippen LogP) is 3.67. The highest BCUT2D eigenvalue weighted by atomic mass is 16.6. The van der Waals surface area contributed by atoms with Gasteiger partial charge in [-0.1, -0.05) is 40.2 Å². The summed E-state index contributed by atoms with van der Waals surface area (Å²) in [7, 11) is 1.57. The second-order valence-corrected chi connectivity index (χ2v) is 13.8. The lowest BCUT2D eigenvalue weighted by Crippen LogP contribution is -2.41. The van der Waals surface area contributed by atoms with Crippen molar-refractivity contribution in [2.45, 2.75) is 85.0 Å². The molecule has 0 spiro atoms. The van der Waals surface area contributed by atoms with Gasteiger partial charge in [-0.05, 0) is 69.9 Å². The van der Waals surface area contributed by atoms with E-state index < -0.39 is 45.8 Å². The monoisotopic (exact) mass is 780 g/mol. The third-order valence-corrected chi connectivity index (χ3v) is 9.40. The number of ether oxygens (including phenoxy) is 3. The van der Waals surface area contributed by atoms with Crippen LogP contribution in [0, 0.1) is 33.8 Å². The zero-order valence-corrected chi connectivity index (χ0v) is 33.5. The largest absolute Gasteiger partial charge is 0.504 e. The molecule has 0 heterocycles. The number of aromatic hydroxyl groups is 2. The highest BCUT2D eigenvalue weighted by Gasteiger charge is 2.32. The zero-order valence-electron chi connectivity index (χ0n) is 33.5. The first-order valence-corrected chi connectivity index (χ1v) is 19.7. The summed E-state index contributed by atoms with van der Waals surface area (Å²) >= 11 is 0. The highest BCUT2D eigenvalue weighted by Crippen LogP contribution is 2.33. The van der Waals surface area contributed by atoms with Crippen LogP contribution in [0.3, 0.4) is 0 Å². The fourth-order valence-corrected chi connectivity index (χ4v) is 6.10. The number of nitrogens with zero attached hydrogens (tertiary/aromatic N) is 1. The lowest BCUT2D eigenvalue weighted by atomic mass is 9.81. The van der Waals surface area contributed by atoms with Crippen LogP contribution in [0.4, 0.5) is 5.69 Å². The molecule has 0 aliphatic rings. The Balaban J connectivity index is 3.25. The van der Waals surface area contributed by atoms with Crippen molar-refractivity contribution in [1.82, 2.24) is 21.3 Å². The molecule has 4 unspecified atom stereocenters. The van der Waals surface area contributed by atoms with Gasteiger partial charge in [-0.15, -0.1) is 0 Å². The van der Waals surface area contributed by atoms with Gasteiger partial charge in [0.1, 0.15) is 0 Å². The predicted molar refractivity (Wildman–Crippen MR) is 211 cm³/mol. The van der Waals surface area contributed by atoms with E-state index >= 15 is 0 Å². The third kappa shape index (κ3) is 20.5.